The molecule has 9 heteroatoms. The van der Waals surface area contributed by atoms with Gasteiger partial charge in [0.25, 0.3) is 0 Å². The minimum atomic E-state index is 0.725. The first-order valence-corrected chi connectivity index (χ1v) is 10.7. The summed E-state index contributed by atoms with van der Waals surface area (Å²) < 4.78 is 1.75. The Labute approximate surface area is 183 Å². The van der Waals surface area contributed by atoms with Crippen LogP contribution >= 0.6 is 0 Å². The molecule has 0 spiro atoms. The molecule has 0 aliphatic carbocycles. The Balaban J connectivity index is 1.28. The van der Waals surface area contributed by atoms with E-state index < -0.39 is 0 Å². The lowest BCUT2D eigenvalue weighted by molar-refractivity contribution is 0.373. The van der Waals surface area contributed by atoms with Crippen LogP contribution in [-0.4, -0.2) is 76.9 Å². The average Bonchev–Trinajstić information content (AvgIpc) is 3.18. The van der Waals surface area contributed by atoms with Crippen LogP contribution in [0.4, 0.5) is 11.5 Å². The van der Waals surface area contributed by atoms with Crippen molar-refractivity contribution in [2.75, 3.05) is 56.5 Å². The number of nitrogens with one attached hydrogen (secondary N) is 2. The molecule has 0 bridgehead atoms. The molecular formula is C22H31N9. The van der Waals surface area contributed by atoms with Crippen molar-refractivity contribution in [1.29, 1.82) is 0 Å². The SMILES string of the molecule is CN=C(NCCNc1ncnc2c1cnn2C)N1CCN(c2cccc(C)c2C)CC1. The van der Waals surface area contributed by atoms with E-state index in [4.69, 9.17) is 0 Å². The highest BCUT2D eigenvalue weighted by Gasteiger charge is 2.21. The maximum absolute atomic E-state index is 4.49. The molecule has 1 aliphatic heterocycles. The summed E-state index contributed by atoms with van der Waals surface area (Å²) in [5.74, 6) is 1.74. The molecule has 0 radical (unpaired) electrons. The Kier molecular flexibility index (Phi) is 6.20. The van der Waals surface area contributed by atoms with E-state index in [1.807, 2.05) is 14.1 Å². The number of guanidine groups is 1. The molecule has 0 atom stereocenters. The van der Waals surface area contributed by atoms with Crippen molar-refractivity contribution < 1.29 is 0 Å². The normalized spacial score (nSPS) is 14.9. The molecule has 0 saturated carbocycles. The van der Waals surface area contributed by atoms with Gasteiger partial charge < -0.3 is 20.4 Å². The van der Waals surface area contributed by atoms with Crippen molar-refractivity contribution >= 4 is 28.5 Å². The summed E-state index contributed by atoms with van der Waals surface area (Å²) in [6.45, 7) is 9.73. The van der Waals surface area contributed by atoms with Gasteiger partial charge in [0, 0.05) is 59.1 Å². The highest BCUT2D eigenvalue weighted by molar-refractivity contribution is 5.86. The Morgan fingerprint density at radius 2 is 1.90 bits per heavy atom. The summed E-state index contributed by atoms with van der Waals surface area (Å²) in [6.07, 6.45) is 3.35. The first kappa shape index (κ1) is 20.9. The van der Waals surface area contributed by atoms with Crippen LogP contribution in [0.15, 0.2) is 35.7 Å². The third kappa shape index (κ3) is 4.40. The highest BCUT2D eigenvalue weighted by atomic mass is 15.3. The van der Waals surface area contributed by atoms with Crippen molar-refractivity contribution in [1.82, 2.24) is 30.0 Å². The van der Waals surface area contributed by atoms with E-state index in [1.54, 1.807) is 17.2 Å². The first-order valence-electron chi connectivity index (χ1n) is 10.7. The largest absolute Gasteiger partial charge is 0.368 e. The molecule has 0 unspecified atom stereocenters. The number of aryl methyl sites for hydroxylation is 2. The monoisotopic (exact) mass is 421 g/mol. The predicted molar refractivity (Wildman–Crippen MR) is 126 cm³/mol. The lowest BCUT2D eigenvalue weighted by Crippen LogP contribution is -2.53. The lowest BCUT2D eigenvalue weighted by atomic mass is 10.1. The molecule has 9 nitrogen and oxygen atoms in total. The van der Waals surface area contributed by atoms with E-state index in [1.165, 1.54) is 16.8 Å². The highest BCUT2D eigenvalue weighted by Crippen LogP contribution is 2.24. The minimum absolute atomic E-state index is 0.725. The standard InChI is InChI=1S/C22H31N9/c1-16-6-5-7-19(17(16)2)30-10-12-31(13-11-30)22(23-3)25-9-8-24-20-18-14-28-29(4)21(18)27-15-26-20/h5-7,14-15H,8-13H2,1-4H3,(H,23,25)(H,24,26,27). The summed E-state index contributed by atoms with van der Waals surface area (Å²) >= 11 is 0. The number of benzene rings is 1. The van der Waals surface area contributed by atoms with Gasteiger partial charge in [-0.25, -0.2) is 9.97 Å². The van der Waals surface area contributed by atoms with Crippen LogP contribution in [0.2, 0.25) is 0 Å². The van der Waals surface area contributed by atoms with E-state index in [9.17, 15) is 0 Å². The van der Waals surface area contributed by atoms with E-state index >= 15 is 0 Å². The molecule has 1 aliphatic rings. The van der Waals surface area contributed by atoms with Gasteiger partial charge in [-0.2, -0.15) is 5.10 Å². The Bertz CT molecular complexity index is 1060. The Morgan fingerprint density at radius 1 is 1.10 bits per heavy atom. The van der Waals surface area contributed by atoms with Gasteiger partial charge in [0.1, 0.15) is 12.1 Å². The number of piperazine rings is 1. The number of fused-ring (bicyclic) bond motifs is 1. The molecule has 3 aromatic rings. The summed E-state index contributed by atoms with van der Waals surface area (Å²) in [5, 5.41) is 12.0. The summed E-state index contributed by atoms with van der Waals surface area (Å²) in [5.41, 5.74) is 4.88. The van der Waals surface area contributed by atoms with Gasteiger partial charge in [0.2, 0.25) is 0 Å². The lowest BCUT2D eigenvalue weighted by Gasteiger charge is -2.38. The molecule has 0 amide bonds. The fourth-order valence-corrected chi connectivity index (χ4v) is 4.03. The molecule has 2 aromatic heterocycles. The third-order valence-electron chi connectivity index (χ3n) is 5.94. The average molecular weight is 422 g/mol. The molecule has 3 heterocycles. The first-order chi connectivity index (χ1) is 15.1. The quantitative estimate of drug-likeness (QED) is 0.369. The van der Waals surface area contributed by atoms with Crippen LogP contribution in [0.1, 0.15) is 11.1 Å². The van der Waals surface area contributed by atoms with Crippen molar-refractivity contribution in [3.05, 3.63) is 41.9 Å². The van der Waals surface area contributed by atoms with Crippen molar-refractivity contribution in [3.8, 4) is 0 Å². The number of rotatable bonds is 5. The van der Waals surface area contributed by atoms with Gasteiger partial charge >= 0.3 is 0 Å². The fourth-order valence-electron chi connectivity index (χ4n) is 4.03. The zero-order valence-corrected chi connectivity index (χ0v) is 18.8. The van der Waals surface area contributed by atoms with Crippen LogP contribution in [-0.2, 0) is 7.05 Å². The van der Waals surface area contributed by atoms with Gasteiger partial charge in [0.15, 0.2) is 11.6 Å². The molecule has 1 fully saturated rings. The summed E-state index contributed by atoms with van der Waals surface area (Å²) in [6, 6.07) is 6.55. The number of hydrogen-bond donors (Lipinski definition) is 2. The van der Waals surface area contributed by atoms with E-state index in [0.717, 1.165) is 62.1 Å². The molecule has 31 heavy (non-hydrogen) atoms. The second-order valence-corrected chi connectivity index (χ2v) is 7.82. The van der Waals surface area contributed by atoms with Crippen LogP contribution in [0.3, 0.4) is 0 Å². The van der Waals surface area contributed by atoms with Crippen LogP contribution in [0.25, 0.3) is 11.0 Å². The van der Waals surface area contributed by atoms with Crippen molar-refractivity contribution in [3.63, 3.8) is 0 Å². The van der Waals surface area contributed by atoms with Crippen LogP contribution in [0, 0.1) is 13.8 Å². The number of nitrogens with zero attached hydrogens (tertiary/aromatic N) is 7. The van der Waals surface area contributed by atoms with Crippen LogP contribution < -0.4 is 15.5 Å². The fraction of sp³-hybridized carbons (Fsp3) is 0.455. The molecular weight excluding hydrogens is 390 g/mol. The summed E-state index contributed by atoms with van der Waals surface area (Å²) in [7, 11) is 3.72. The van der Waals surface area contributed by atoms with E-state index in [0.29, 0.717) is 0 Å². The number of anilines is 2. The van der Waals surface area contributed by atoms with Gasteiger partial charge in [-0.15, -0.1) is 0 Å². The van der Waals surface area contributed by atoms with Crippen LogP contribution in [0.5, 0.6) is 0 Å². The molecule has 164 valence electrons. The zero-order chi connectivity index (χ0) is 21.8. The van der Waals surface area contributed by atoms with Crippen molar-refractivity contribution in [2.45, 2.75) is 13.8 Å². The van der Waals surface area contributed by atoms with Gasteiger partial charge in [0.05, 0.1) is 11.6 Å². The number of aliphatic imine (C=N–C) groups is 1. The van der Waals surface area contributed by atoms with E-state index in [2.05, 4.69) is 72.5 Å². The van der Waals surface area contributed by atoms with E-state index in [-0.39, 0.29) is 0 Å². The number of aromatic nitrogens is 4. The third-order valence-corrected chi connectivity index (χ3v) is 5.94. The Hall–Kier alpha value is -3.36. The molecule has 1 aromatic carbocycles. The predicted octanol–water partition coefficient (Wildman–Crippen LogP) is 1.79. The topological polar surface area (TPSA) is 86.5 Å². The van der Waals surface area contributed by atoms with Gasteiger partial charge in [-0.1, -0.05) is 12.1 Å². The summed E-state index contributed by atoms with van der Waals surface area (Å²) in [4.78, 5) is 17.9. The second-order valence-electron chi connectivity index (χ2n) is 7.82. The smallest absolute Gasteiger partial charge is 0.193 e. The maximum Gasteiger partial charge on any atom is 0.193 e. The van der Waals surface area contributed by atoms with Crippen molar-refractivity contribution in [2.24, 2.45) is 12.0 Å². The molecule has 4 rings (SSSR count). The Morgan fingerprint density at radius 3 is 2.68 bits per heavy atom. The second kappa shape index (κ2) is 9.20. The van der Waals surface area contributed by atoms with Gasteiger partial charge in [-0.05, 0) is 31.0 Å². The molecule has 1 saturated heterocycles. The zero-order valence-electron chi connectivity index (χ0n) is 18.8. The number of hydrogen-bond acceptors (Lipinski definition) is 6. The van der Waals surface area contributed by atoms with Gasteiger partial charge in [-0.3, -0.25) is 9.67 Å². The maximum atomic E-state index is 4.49. The molecule has 2 N–H and O–H groups in total. The minimum Gasteiger partial charge on any atom is -0.368 e.